The first kappa shape index (κ1) is 9.12. The summed E-state index contributed by atoms with van der Waals surface area (Å²) in [7, 11) is 0. The molecule has 0 amide bonds. The van der Waals surface area contributed by atoms with Gasteiger partial charge in [-0.3, -0.25) is 4.90 Å². The molecule has 1 aromatic rings. The number of rotatable bonds is 2. The van der Waals surface area contributed by atoms with E-state index in [1.54, 1.807) is 11.3 Å². The lowest BCUT2D eigenvalue weighted by atomic mass is 10.2. The van der Waals surface area contributed by atoms with Gasteiger partial charge in [0.1, 0.15) is 0 Å². The van der Waals surface area contributed by atoms with Crippen LogP contribution in [0.1, 0.15) is 15.6 Å². The van der Waals surface area contributed by atoms with Gasteiger partial charge in [0, 0.05) is 30.9 Å². The summed E-state index contributed by atoms with van der Waals surface area (Å²) in [6.07, 6.45) is 1.04. The molecule has 2 heterocycles. The van der Waals surface area contributed by atoms with Gasteiger partial charge in [-0.15, -0.1) is 11.3 Å². The molecule has 1 N–H and O–H groups in total. The molecule has 13 heavy (non-hydrogen) atoms. The van der Waals surface area contributed by atoms with Crippen LogP contribution in [0.25, 0.3) is 0 Å². The maximum atomic E-state index is 8.82. The molecule has 0 aromatic carbocycles. The van der Waals surface area contributed by atoms with Crippen molar-refractivity contribution in [3.05, 3.63) is 15.6 Å². The molecule has 0 bridgehead atoms. The zero-order valence-corrected chi connectivity index (χ0v) is 8.60. The molecule has 0 unspecified atom stereocenters. The van der Waals surface area contributed by atoms with E-state index in [4.69, 9.17) is 5.11 Å². The lowest BCUT2D eigenvalue weighted by Crippen LogP contribution is -2.32. The van der Waals surface area contributed by atoms with Crippen LogP contribution in [-0.2, 0) is 13.0 Å². The van der Waals surface area contributed by atoms with E-state index in [9.17, 15) is 0 Å². The number of thiazole rings is 1. The van der Waals surface area contributed by atoms with Crippen LogP contribution in [0, 0.1) is 6.92 Å². The number of β-amino-alcohol motifs (C(OH)–C–C–N with tert-alkyl or cyclic N) is 1. The Balaban J connectivity index is 2.10. The van der Waals surface area contributed by atoms with E-state index in [0.717, 1.165) is 31.1 Å². The quantitative estimate of drug-likeness (QED) is 0.763. The van der Waals surface area contributed by atoms with Crippen LogP contribution in [0.3, 0.4) is 0 Å². The van der Waals surface area contributed by atoms with Gasteiger partial charge >= 0.3 is 0 Å². The lowest BCUT2D eigenvalue weighted by molar-refractivity contribution is 0.185. The van der Waals surface area contributed by atoms with E-state index >= 15 is 0 Å². The van der Waals surface area contributed by atoms with Crippen LogP contribution in [0.15, 0.2) is 0 Å². The first-order chi connectivity index (χ1) is 6.29. The summed E-state index contributed by atoms with van der Waals surface area (Å²) in [6, 6.07) is 0. The molecule has 1 aliphatic rings. The largest absolute Gasteiger partial charge is 0.395 e. The Labute approximate surface area is 82.0 Å². The minimum absolute atomic E-state index is 0.257. The average molecular weight is 198 g/mol. The second kappa shape index (κ2) is 3.74. The van der Waals surface area contributed by atoms with Crippen molar-refractivity contribution in [2.75, 3.05) is 19.7 Å². The Hall–Kier alpha value is -0.450. The highest BCUT2D eigenvalue weighted by Gasteiger charge is 2.18. The minimum atomic E-state index is 0.257. The first-order valence-corrected chi connectivity index (χ1v) is 5.39. The number of hydrogen-bond donors (Lipinski definition) is 1. The molecule has 1 aromatic heterocycles. The molecule has 0 saturated heterocycles. The predicted molar refractivity (Wildman–Crippen MR) is 52.9 cm³/mol. The van der Waals surface area contributed by atoms with Crippen LogP contribution < -0.4 is 0 Å². The van der Waals surface area contributed by atoms with Gasteiger partial charge in [0.15, 0.2) is 0 Å². The molecule has 2 rings (SSSR count). The third-order valence-electron chi connectivity index (χ3n) is 2.33. The van der Waals surface area contributed by atoms with E-state index in [0.29, 0.717) is 0 Å². The molecule has 0 spiro atoms. The monoisotopic (exact) mass is 198 g/mol. The standard InChI is InChI=1S/C9H14N2OS/c1-7-10-8-2-3-11(4-5-12)6-9(8)13-7/h12H,2-6H2,1H3. The zero-order chi connectivity index (χ0) is 9.26. The molecule has 0 radical (unpaired) electrons. The molecule has 0 saturated carbocycles. The van der Waals surface area contributed by atoms with Gasteiger partial charge in [-0.05, 0) is 6.92 Å². The molecule has 1 aliphatic heterocycles. The normalized spacial score (nSPS) is 17.4. The molecule has 4 heteroatoms. The fourth-order valence-electron chi connectivity index (χ4n) is 1.71. The van der Waals surface area contributed by atoms with E-state index in [2.05, 4.69) is 16.8 Å². The van der Waals surface area contributed by atoms with Crippen molar-refractivity contribution in [1.29, 1.82) is 0 Å². The molecule has 72 valence electrons. The van der Waals surface area contributed by atoms with E-state index in [1.165, 1.54) is 10.6 Å². The molecule has 0 atom stereocenters. The van der Waals surface area contributed by atoms with Crippen LogP contribution in [-0.4, -0.2) is 34.7 Å². The average Bonchev–Trinajstić information content (AvgIpc) is 2.44. The smallest absolute Gasteiger partial charge is 0.0900 e. The third-order valence-corrected chi connectivity index (χ3v) is 3.33. The van der Waals surface area contributed by atoms with Crippen molar-refractivity contribution in [2.24, 2.45) is 0 Å². The van der Waals surface area contributed by atoms with Crippen molar-refractivity contribution < 1.29 is 5.11 Å². The highest BCUT2D eigenvalue weighted by Crippen LogP contribution is 2.24. The fraction of sp³-hybridized carbons (Fsp3) is 0.667. The van der Waals surface area contributed by atoms with Crippen LogP contribution in [0.4, 0.5) is 0 Å². The number of fused-ring (bicyclic) bond motifs is 1. The van der Waals surface area contributed by atoms with Crippen molar-refractivity contribution in [1.82, 2.24) is 9.88 Å². The summed E-state index contributed by atoms with van der Waals surface area (Å²) >= 11 is 1.79. The summed E-state index contributed by atoms with van der Waals surface area (Å²) in [6.45, 7) is 5.11. The Kier molecular flexibility index (Phi) is 2.62. The maximum Gasteiger partial charge on any atom is 0.0900 e. The highest BCUT2D eigenvalue weighted by atomic mass is 32.1. The van der Waals surface area contributed by atoms with Gasteiger partial charge in [0.05, 0.1) is 17.3 Å². The first-order valence-electron chi connectivity index (χ1n) is 4.58. The van der Waals surface area contributed by atoms with Gasteiger partial charge in [0.25, 0.3) is 0 Å². The Morgan fingerprint density at radius 3 is 3.23 bits per heavy atom. The summed E-state index contributed by atoms with van der Waals surface area (Å²) in [5.41, 5.74) is 1.27. The Morgan fingerprint density at radius 1 is 1.62 bits per heavy atom. The number of nitrogens with zero attached hydrogens (tertiary/aromatic N) is 2. The summed E-state index contributed by atoms with van der Waals surface area (Å²) < 4.78 is 0. The molecular weight excluding hydrogens is 184 g/mol. The molecule has 0 aliphatic carbocycles. The van der Waals surface area contributed by atoms with Gasteiger partial charge < -0.3 is 5.11 Å². The minimum Gasteiger partial charge on any atom is -0.395 e. The molecule has 3 nitrogen and oxygen atoms in total. The van der Waals surface area contributed by atoms with Gasteiger partial charge in [0.2, 0.25) is 0 Å². The number of aryl methyl sites for hydroxylation is 1. The fourth-order valence-corrected chi connectivity index (χ4v) is 2.73. The Bertz CT molecular complexity index is 298. The van der Waals surface area contributed by atoms with Crippen molar-refractivity contribution in [2.45, 2.75) is 19.9 Å². The van der Waals surface area contributed by atoms with Crippen LogP contribution in [0.5, 0.6) is 0 Å². The van der Waals surface area contributed by atoms with E-state index in [1.807, 2.05) is 0 Å². The van der Waals surface area contributed by atoms with Gasteiger partial charge in [-0.25, -0.2) is 4.98 Å². The van der Waals surface area contributed by atoms with Gasteiger partial charge in [-0.1, -0.05) is 0 Å². The SMILES string of the molecule is Cc1nc2c(s1)CN(CCO)CC2. The Morgan fingerprint density at radius 2 is 2.46 bits per heavy atom. The number of hydrogen-bond acceptors (Lipinski definition) is 4. The number of aliphatic hydroxyl groups is 1. The lowest BCUT2D eigenvalue weighted by Gasteiger charge is -2.24. The second-order valence-electron chi connectivity index (χ2n) is 3.35. The topological polar surface area (TPSA) is 36.4 Å². The number of aliphatic hydroxyl groups excluding tert-OH is 1. The number of aromatic nitrogens is 1. The van der Waals surface area contributed by atoms with Gasteiger partial charge in [-0.2, -0.15) is 0 Å². The second-order valence-corrected chi connectivity index (χ2v) is 4.64. The summed E-state index contributed by atoms with van der Waals surface area (Å²) in [5.74, 6) is 0. The zero-order valence-electron chi connectivity index (χ0n) is 7.79. The predicted octanol–water partition coefficient (Wildman–Crippen LogP) is 0.802. The van der Waals surface area contributed by atoms with Crippen molar-refractivity contribution in [3.63, 3.8) is 0 Å². The van der Waals surface area contributed by atoms with Crippen LogP contribution in [0.2, 0.25) is 0 Å². The van der Waals surface area contributed by atoms with E-state index < -0.39 is 0 Å². The van der Waals surface area contributed by atoms with E-state index in [-0.39, 0.29) is 6.61 Å². The van der Waals surface area contributed by atoms with Crippen molar-refractivity contribution in [3.8, 4) is 0 Å². The maximum absolute atomic E-state index is 8.82. The summed E-state index contributed by atoms with van der Waals surface area (Å²) in [4.78, 5) is 8.14. The van der Waals surface area contributed by atoms with Crippen molar-refractivity contribution >= 4 is 11.3 Å². The van der Waals surface area contributed by atoms with Crippen LogP contribution >= 0.6 is 11.3 Å². The summed E-state index contributed by atoms with van der Waals surface area (Å²) in [5, 5.41) is 9.98. The third kappa shape index (κ3) is 1.90. The highest BCUT2D eigenvalue weighted by molar-refractivity contribution is 7.11. The molecular formula is C9H14N2OS. The molecule has 0 fully saturated rings.